The molecule has 16 heavy (non-hydrogen) atoms. The Morgan fingerprint density at radius 3 is 2.94 bits per heavy atom. The van der Waals surface area contributed by atoms with Crippen molar-refractivity contribution in [2.24, 2.45) is 5.73 Å². The SMILES string of the molecule is NCC(C(=O)O)c1c[nH]c2cc(Br)ccc12. The molecule has 1 aromatic carbocycles. The van der Waals surface area contributed by atoms with Crippen molar-refractivity contribution in [1.82, 2.24) is 4.98 Å². The van der Waals surface area contributed by atoms with Crippen molar-refractivity contribution in [1.29, 1.82) is 0 Å². The van der Waals surface area contributed by atoms with Crippen LogP contribution in [0.25, 0.3) is 10.9 Å². The Kier molecular flexibility index (Phi) is 2.98. The first-order chi connectivity index (χ1) is 7.63. The molecule has 1 heterocycles. The van der Waals surface area contributed by atoms with Gasteiger partial charge in [-0.1, -0.05) is 22.0 Å². The van der Waals surface area contributed by atoms with Crippen LogP contribution in [-0.2, 0) is 4.79 Å². The Bertz CT molecular complexity index is 536. The molecule has 0 saturated carbocycles. The third-order valence-electron chi connectivity index (χ3n) is 2.59. The predicted octanol–water partition coefficient (Wildman–Crippen LogP) is 2.06. The Morgan fingerprint density at radius 1 is 1.56 bits per heavy atom. The summed E-state index contributed by atoms with van der Waals surface area (Å²) in [7, 11) is 0. The van der Waals surface area contributed by atoms with E-state index in [1.807, 2.05) is 18.2 Å². The lowest BCUT2D eigenvalue weighted by atomic mass is 9.99. The fourth-order valence-corrected chi connectivity index (χ4v) is 2.13. The minimum atomic E-state index is -0.897. The van der Waals surface area contributed by atoms with Crippen molar-refractivity contribution in [3.05, 3.63) is 34.4 Å². The Morgan fingerprint density at radius 2 is 2.31 bits per heavy atom. The molecule has 0 aliphatic carbocycles. The topological polar surface area (TPSA) is 79.1 Å². The monoisotopic (exact) mass is 282 g/mol. The molecule has 0 aliphatic heterocycles. The van der Waals surface area contributed by atoms with E-state index in [2.05, 4.69) is 20.9 Å². The zero-order valence-corrected chi connectivity index (χ0v) is 9.99. The zero-order chi connectivity index (χ0) is 11.7. The number of aromatic amines is 1. The molecule has 0 amide bonds. The number of carboxylic acids is 1. The van der Waals surface area contributed by atoms with Gasteiger partial charge in [0.2, 0.25) is 0 Å². The van der Waals surface area contributed by atoms with Gasteiger partial charge in [-0.15, -0.1) is 0 Å². The highest BCUT2D eigenvalue weighted by atomic mass is 79.9. The van der Waals surface area contributed by atoms with Crippen molar-refractivity contribution < 1.29 is 9.90 Å². The first kappa shape index (κ1) is 11.2. The number of nitrogens with one attached hydrogen (secondary N) is 1. The second kappa shape index (κ2) is 4.27. The van der Waals surface area contributed by atoms with Crippen molar-refractivity contribution in [3.8, 4) is 0 Å². The second-order valence-corrected chi connectivity index (χ2v) is 4.48. The molecule has 0 spiro atoms. The Hall–Kier alpha value is -1.33. The third-order valence-corrected chi connectivity index (χ3v) is 3.08. The number of rotatable bonds is 3. The molecule has 1 aromatic heterocycles. The van der Waals surface area contributed by atoms with Crippen molar-refractivity contribution in [2.75, 3.05) is 6.54 Å². The van der Waals surface area contributed by atoms with Gasteiger partial charge in [-0.25, -0.2) is 0 Å². The van der Waals surface area contributed by atoms with Crippen molar-refractivity contribution >= 4 is 32.8 Å². The molecule has 1 unspecified atom stereocenters. The quantitative estimate of drug-likeness (QED) is 0.806. The number of carboxylic acid groups (broad SMARTS) is 1. The lowest BCUT2D eigenvalue weighted by molar-refractivity contribution is -0.138. The number of carbonyl (C=O) groups is 1. The molecule has 0 aliphatic rings. The molecule has 0 saturated heterocycles. The summed E-state index contributed by atoms with van der Waals surface area (Å²) in [5, 5.41) is 9.96. The van der Waals surface area contributed by atoms with Crippen LogP contribution in [0.4, 0.5) is 0 Å². The highest BCUT2D eigenvalue weighted by Crippen LogP contribution is 2.27. The number of H-pyrrole nitrogens is 1. The highest BCUT2D eigenvalue weighted by molar-refractivity contribution is 9.10. The van der Waals surface area contributed by atoms with Gasteiger partial charge in [0, 0.05) is 28.1 Å². The molecule has 2 aromatic rings. The maximum Gasteiger partial charge on any atom is 0.312 e. The number of benzene rings is 1. The summed E-state index contributed by atoms with van der Waals surface area (Å²) in [5.41, 5.74) is 7.12. The molecule has 0 fully saturated rings. The van der Waals surface area contributed by atoms with Gasteiger partial charge >= 0.3 is 5.97 Å². The maximum absolute atomic E-state index is 11.0. The van der Waals surface area contributed by atoms with E-state index < -0.39 is 11.9 Å². The van der Waals surface area contributed by atoms with Crippen LogP contribution in [0, 0.1) is 0 Å². The predicted molar refractivity (Wildman–Crippen MR) is 65.4 cm³/mol. The highest BCUT2D eigenvalue weighted by Gasteiger charge is 2.21. The van der Waals surface area contributed by atoms with Gasteiger partial charge in [-0.2, -0.15) is 0 Å². The fraction of sp³-hybridized carbons (Fsp3) is 0.182. The molecular formula is C11H11BrN2O2. The van der Waals surface area contributed by atoms with Crippen LogP contribution in [0.1, 0.15) is 11.5 Å². The number of fused-ring (bicyclic) bond motifs is 1. The van der Waals surface area contributed by atoms with Gasteiger partial charge in [-0.05, 0) is 17.7 Å². The summed E-state index contributed by atoms with van der Waals surface area (Å²) >= 11 is 3.36. The number of hydrogen-bond acceptors (Lipinski definition) is 2. The number of halogens is 1. The summed E-state index contributed by atoms with van der Waals surface area (Å²) in [6.07, 6.45) is 1.71. The molecule has 0 radical (unpaired) electrons. The van der Waals surface area contributed by atoms with E-state index in [1.54, 1.807) is 6.20 Å². The Balaban J connectivity index is 2.57. The van der Waals surface area contributed by atoms with Crippen LogP contribution in [0.3, 0.4) is 0 Å². The van der Waals surface area contributed by atoms with E-state index >= 15 is 0 Å². The molecule has 5 heteroatoms. The number of nitrogens with two attached hydrogens (primary N) is 1. The van der Waals surface area contributed by atoms with Gasteiger partial charge in [0.25, 0.3) is 0 Å². The van der Waals surface area contributed by atoms with Gasteiger partial charge in [0.1, 0.15) is 0 Å². The van der Waals surface area contributed by atoms with Crippen LogP contribution in [0.5, 0.6) is 0 Å². The molecule has 2 rings (SSSR count). The number of hydrogen-bond donors (Lipinski definition) is 3. The lowest BCUT2D eigenvalue weighted by Gasteiger charge is -2.07. The van der Waals surface area contributed by atoms with Crippen LogP contribution in [-0.4, -0.2) is 22.6 Å². The lowest BCUT2D eigenvalue weighted by Crippen LogP contribution is -2.20. The van der Waals surface area contributed by atoms with Gasteiger partial charge in [0.05, 0.1) is 5.92 Å². The van der Waals surface area contributed by atoms with Crippen LogP contribution >= 0.6 is 15.9 Å². The van der Waals surface area contributed by atoms with Gasteiger partial charge in [-0.3, -0.25) is 4.79 Å². The average molecular weight is 283 g/mol. The zero-order valence-electron chi connectivity index (χ0n) is 8.40. The fourth-order valence-electron chi connectivity index (χ4n) is 1.77. The molecule has 4 N–H and O–H groups in total. The van der Waals surface area contributed by atoms with E-state index in [1.165, 1.54) is 0 Å². The molecular weight excluding hydrogens is 272 g/mol. The van der Waals surface area contributed by atoms with E-state index in [0.29, 0.717) is 0 Å². The third kappa shape index (κ3) is 1.83. The number of aliphatic carboxylic acids is 1. The molecule has 1 atom stereocenters. The normalized spacial score (nSPS) is 12.9. The van der Waals surface area contributed by atoms with E-state index in [-0.39, 0.29) is 6.54 Å². The molecule has 0 bridgehead atoms. The molecule has 4 nitrogen and oxygen atoms in total. The van der Waals surface area contributed by atoms with Crippen LogP contribution in [0.2, 0.25) is 0 Å². The van der Waals surface area contributed by atoms with Crippen molar-refractivity contribution in [3.63, 3.8) is 0 Å². The van der Waals surface area contributed by atoms with Crippen LogP contribution < -0.4 is 5.73 Å². The van der Waals surface area contributed by atoms with E-state index in [0.717, 1.165) is 20.9 Å². The summed E-state index contributed by atoms with van der Waals surface area (Å²) < 4.78 is 0.952. The smallest absolute Gasteiger partial charge is 0.312 e. The largest absolute Gasteiger partial charge is 0.481 e. The standard InChI is InChI=1S/C11H11BrN2O2/c12-6-1-2-7-9(5-14-10(7)3-6)8(4-13)11(15)16/h1-3,5,8,14H,4,13H2,(H,15,16). The number of aromatic nitrogens is 1. The first-order valence-corrected chi connectivity index (χ1v) is 5.62. The van der Waals surface area contributed by atoms with Gasteiger partial charge in [0.15, 0.2) is 0 Å². The summed E-state index contributed by atoms with van der Waals surface area (Å²) in [4.78, 5) is 14.1. The summed E-state index contributed by atoms with van der Waals surface area (Å²) in [5.74, 6) is -1.55. The first-order valence-electron chi connectivity index (χ1n) is 4.83. The average Bonchev–Trinajstić information content (AvgIpc) is 2.62. The second-order valence-electron chi connectivity index (χ2n) is 3.56. The molecule has 84 valence electrons. The minimum absolute atomic E-state index is 0.0956. The van der Waals surface area contributed by atoms with Gasteiger partial charge < -0.3 is 15.8 Å². The Labute approximate surface area is 101 Å². The van der Waals surface area contributed by atoms with E-state index in [4.69, 9.17) is 10.8 Å². The van der Waals surface area contributed by atoms with E-state index in [9.17, 15) is 4.79 Å². The summed E-state index contributed by atoms with van der Waals surface area (Å²) in [6, 6.07) is 5.68. The van der Waals surface area contributed by atoms with Crippen molar-refractivity contribution in [2.45, 2.75) is 5.92 Å². The van der Waals surface area contributed by atoms with Crippen LogP contribution in [0.15, 0.2) is 28.9 Å². The minimum Gasteiger partial charge on any atom is -0.481 e. The maximum atomic E-state index is 11.0. The summed E-state index contributed by atoms with van der Waals surface area (Å²) in [6.45, 7) is 0.0956.